The van der Waals surface area contributed by atoms with Crippen LogP contribution in [0.25, 0.3) is 11.4 Å². The van der Waals surface area contributed by atoms with Gasteiger partial charge in [-0.1, -0.05) is 0 Å². The summed E-state index contributed by atoms with van der Waals surface area (Å²) in [6, 6.07) is 3.37. The average Bonchev–Trinajstić information content (AvgIpc) is 2.46. The zero-order valence-electron chi connectivity index (χ0n) is 11.9. The van der Waals surface area contributed by atoms with Gasteiger partial charge in [-0.15, -0.1) is 0 Å². The normalized spacial score (nSPS) is 17.6. The molecule has 0 amide bonds. The van der Waals surface area contributed by atoms with E-state index >= 15 is 0 Å². The number of benzene rings is 1. The summed E-state index contributed by atoms with van der Waals surface area (Å²) in [4.78, 5) is 8.77. The van der Waals surface area contributed by atoms with Crippen molar-refractivity contribution >= 4 is 0 Å². The highest BCUT2D eigenvalue weighted by Gasteiger charge is 2.20. The smallest absolute Gasteiger partial charge is 0.159 e. The summed E-state index contributed by atoms with van der Waals surface area (Å²) in [5, 5.41) is 3.19. The summed E-state index contributed by atoms with van der Waals surface area (Å²) in [6.07, 6.45) is 4.70. The molecule has 3 nitrogen and oxygen atoms in total. The monoisotopic (exact) mass is 289 g/mol. The lowest BCUT2D eigenvalue weighted by Crippen LogP contribution is -2.25. The molecule has 5 heteroatoms. The van der Waals surface area contributed by atoms with Gasteiger partial charge in [-0.2, -0.15) is 0 Å². The summed E-state index contributed by atoms with van der Waals surface area (Å²) in [6.45, 7) is 0.982. The van der Waals surface area contributed by atoms with Gasteiger partial charge in [0.2, 0.25) is 0 Å². The van der Waals surface area contributed by atoms with E-state index in [2.05, 4.69) is 15.3 Å². The number of fused-ring (bicyclic) bond motifs is 1. The van der Waals surface area contributed by atoms with Crippen LogP contribution in [0.15, 0.2) is 24.4 Å². The minimum atomic E-state index is -0.611. The second kappa shape index (κ2) is 5.85. The molecule has 1 aromatic heterocycles. The van der Waals surface area contributed by atoms with E-state index in [0.717, 1.165) is 43.1 Å². The van der Waals surface area contributed by atoms with Gasteiger partial charge in [-0.3, -0.25) is 0 Å². The third kappa shape index (κ3) is 3.08. The first-order chi connectivity index (χ1) is 10.2. The summed E-state index contributed by atoms with van der Waals surface area (Å²) in [5.74, 6) is -0.233. The first-order valence-electron chi connectivity index (χ1n) is 7.11. The van der Waals surface area contributed by atoms with E-state index in [9.17, 15) is 8.78 Å². The van der Waals surface area contributed by atoms with Crippen molar-refractivity contribution in [3.05, 3.63) is 47.3 Å². The Balaban J connectivity index is 1.90. The Labute approximate surface area is 122 Å². The zero-order valence-corrected chi connectivity index (χ0v) is 11.9. The van der Waals surface area contributed by atoms with Gasteiger partial charge in [-0.25, -0.2) is 18.7 Å². The molecule has 0 radical (unpaired) electrons. The van der Waals surface area contributed by atoms with Gasteiger partial charge in [0, 0.05) is 23.5 Å². The first-order valence-corrected chi connectivity index (χ1v) is 7.11. The van der Waals surface area contributed by atoms with E-state index < -0.39 is 11.6 Å². The van der Waals surface area contributed by atoms with Crippen LogP contribution < -0.4 is 5.32 Å². The Bertz CT molecular complexity index is 638. The molecule has 1 atom stereocenters. The van der Waals surface area contributed by atoms with E-state index in [4.69, 9.17) is 0 Å². The summed E-state index contributed by atoms with van der Waals surface area (Å²) < 4.78 is 26.6. The zero-order chi connectivity index (χ0) is 14.8. The molecule has 1 aliphatic carbocycles. The summed E-state index contributed by atoms with van der Waals surface area (Å²) in [7, 11) is 1.95. The Hall–Kier alpha value is -1.88. The van der Waals surface area contributed by atoms with Gasteiger partial charge in [0.25, 0.3) is 0 Å². The Morgan fingerprint density at radius 2 is 2.00 bits per heavy atom. The highest BCUT2D eigenvalue weighted by molar-refractivity contribution is 5.55. The molecule has 0 spiro atoms. The molecule has 0 bridgehead atoms. The molecule has 0 fully saturated rings. The van der Waals surface area contributed by atoms with Crippen molar-refractivity contribution in [2.24, 2.45) is 5.92 Å². The molecule has 2 aromatic rings. The third-order valence-corrected chi connectivity index (χ3v) is 3.87. The summed E-state index contributed by atoms with van der Waals surface area (Å²) >= 11 is 0. The Morgan fingerprint density at radius 1 is 1.24 bits per heavy atom. The predicted octanol–water partition coefficient (Wildman–Crippen LogP) is 2.75. The molecule has 3 rings (SSSR count). The lowest BCUT2D eigenvalue weighted by Gasteiger charge is -2.23. The minimum absolute atomic E-state index is 0.382. The maximum atomic E-state index is 13.3. The molecule has 1 aliphatic rings. The van der Waals surface area contributed by atoms with Gasteiger partial charge in [0.1, 0.15) is 11.6 Å². The fraction of sp³-hybridized carbons (Fsp3) is 0.375. The Kier molecular flexibility index (Phi) is 3.92. The van der Waals surface area contributed by atoms with Crippen LogP contribution >= 0.6 is 0 Å². The lowest BCUT2D eigenvalue weighted by atomic mass is 9.87. The maximum Gasteiger partial charge on any atom is 0.159 e. The number of aromatic nitrogens is 2. The molecule has 110 valence electrons. The van der Waals surface area contributed by atoms with Crippen molar-refractivity contribution < 1.29 is 8.78 Å². The van der Waals surface area contributed by atoms with Crippen LogP contribution in [0.5, 0.6) is 0 Å². The number of nitrogens with one attached hydrogen (secondary N) is 1. The van der Waals surface area contributed by atoms with Crippen molar-refractivity contribution in [2.75, 3.05) is 13.6 Å². The molecule has 1 heterocycles. The van der Waals surface area contributed by atoms with Gasteiger partial charge in [0.05, 0.1) is 0 Å². The second-order valence-corrected chi connectivity index (χ2v) is 5.49. The molecule has 21 heavy (non-hydrogen) atoms. The molecule has 0 saturated heterocycles. The van der Waals surface area contributed by atoms with Crippen LogP contribution in [0.4, 0.5) is 8.78 Å². The van der Waals surface area contributed by atoms with Crippen molar-refractivity contribution in [1.29, 1.82) is 0 Å². The van der Waals surface area contributed by atoms with E-state index in [1.807, 2.05) is 7.05 Å². The SMILES string of the molecule is CNCC1CCc2nc(-c3cc(F)cc(F)c3)ncc2C1. The van der Waals surface area contributed by atoms with Gasteiger partial charge in [-0.05, 0) is 56.5 Å². The molecule has 1 aromatic carbocycles. The highest BCUT2D eigenvalue weighted by atomic mass is 19.1. The fourth-order valence-electron chi connectivity index (χ4n) is 2.87. The van der Waals surface area contributed by atoms with Gasteiger partial charge >= 0.3 is 0 Å². The molecule has 0 aliphatic heterocycles. The second-order valence-electron chi connectivity index (χ2n) is 5.49. The molecule has 1 N–H and O–H groups in total. The van der Waals surface area contributed by atoms with E-state index in [1.54, 1.807) is 6.20 Å². The molecule has 0 saturated carbocycles. The largest absolute Gasteiger partial charge is 0.319 e. The standard InChI is InChI=1S/C16H17F2N3/c1-19-8-10-2-3-15-12(4-10)9-20-16(21-15)11-5-13(17)7-14(18)6-11/h5-7,9-10,19H,2-4,8H2,1H3. The van der Waals surface area contributed by atoms with Crippen molar-refractivity contribution in [1.82, 2.24) is 15.3 Å². The van der Waals surface area contributed by atoms with Crippen LogP contribution in [0, 0.1) is 17.6 Å². The van der Waals surface area contributed by atoms with Crippen LogP contribution in [0.3, 0.4) is 0 Å². The molecular weight excluding hydrogens is 272 g/mol. The number of aryl methyl sites for hydroxylation is 1. The first kappa shape index (κ1) is 14.1. The lowest BCUT2D eigenvalue weighted by molar-refractivity contribution is 0.434. The maximum absolute atomic E-state index is 13.3. The van der Waals surface area contributed by atoms with Crippen LogP contribution in [0.2, 0.25) is 0 Å². The van der Waals surface area contributed by atoms with Crippen molar-refractivity contribution in [3.63, 3.8) is 0 Å². The number of halogens is 2. The van der Waals surface area contributed by atoms with E-state index in [0.29, 0.717) is 17.3 Å². The minimum Gasteiger partial charge on any atom is -0.319 e. The topological polar surface area (TPSA) is 37.8 Å². The van der Waals surface area contributed by atoms with Crippen molar-refractivity contribution in [2.45, 2.75) is 19.3 Å². The number of nitrogens with zero attached hydrogens (tertiary/aromatic N) is 2. The van der Waals surface area contributed by atoms with Crippen molar-refractivity contribution in [3.8, 4) is 11.4 Å². The van der Waals surface area contributed by atoms with Gasteiger partial charge in [0.15, 0.2) is 5.82 Å². The number of hydrogen-bond donors (Lipinski definition) is 1. The van der Waals surface area contributed by atoms with Crippen LogP contribution in [-0.4, -0.2) is 23.6 Å². The van der Waals surface area contributed by atoms with E-state index in [1.165, 1.54) is 12.1 Å². The summed E-state index contributed by atoms with van der Waals surface area (Å²) in [5.41, 5.74) is 2.52. The van der Waals surface area contributed by atoms with Gasteiger partial charge < -0.3 is 5.32 Å². The number of rotatable bonds is 3. The Morgan fingerprint density at radius 3 is 2.71 bits per heavy atom. The third-order valence-electron chi connectivity index (χ3n) is 3.87. The van der Waals surface area contributed by atoms with Crippen LogP contribution in [0.1, 0.15) is 17.7 Å². The molecular formula is C16H17F2N3. The quantitative estimate of drug-likeness (QED) is 0.944. The predicted molar refractivity (Wildman–Crippen MR) is 76.8 cm³/mol. The average molecular weight is 289 g/mol. The fourth-order valence-corrected chi connectivity index (χ4v) is 2.87. The molecule has 1 unspecified atom stereocenters. The number of hydrogen-bond acceptors (Lipinski definition) is 3. The van der Waals surface area contributed by atoms with E-state index in [-0.39, 0.29) is 0 Å². The van der Waals surface area contributed by atoms with Crippen LogP contribution in [-0.2, 0) is 12.8 Å². The highest BCUT2D eigenvalue weighted by Crippen LogP contribution is 2.26.